The van der Waals surface area contributed by atoms with Crippen molar-refractivity contribution >= 4 is 5.91 Å². The van der Waals surface area contributed by atoms with E-state index in [1.165, 1.54) is 315 Å². The number of aliphatic hydroxyl groups is 8. The van der Waals surface area contributed by atoms with E-state index in [2.05, 4.69) is 43.5 Å². The molecule has 0 aliphatic carbocycles. The molecule has 14 nitrogen and oxygen atoms in total. The average molecular weight is 1360 g/mol. The number of carbonyl (C=O) groups excluding carboxylic acids is 1. The Morgan fingerprint density at radius 3 is 1.04 bits per heavy atom. The number of hydrogen-bond acceptors (Lipinski definition) is 13. The van der Waals surface area contributed by atoms with E-state index in [0.717, 1.165) is 44.9 Å². The maximum Gasteiger partial charge on any atom is 0.220 e. The molecular weight excluding hydrogens is 1210 g/mol. The lowest BCUT2D eigenvalue weighted by Crippen LogP contribution is -2.65. The summed E-state index contributed by atoms with van der Waals surface area (Å²) < 4.78 is 22.9. The summed E-state index contributed by atoms with van der Waals surface area (Å²) in [6.45, 7) is 2.86. The normalized spacial score (nSPS) is 22.4. The van der Waals surface area contributed by atoms with Crippen LogP contribution >= 0.6 is 0 Å². The second-order valence-electron chi connectivity index (χ2n) is 29.3. The van der Waals surface area contributed by atoms with Crippen LogP contribution < -0.4 is 5.32 Å². The van der Waals surface area contributed by atoms with Crippen LogP contribution in [0.5, 0.6) is 0 Å². The Morgan fingerprint density at radius 1 is 0.375 bits per heavy atom. The summed E-state index contributed by atoms with van der Waals surface area (Å²) in [7, 11) is 0. The third-order valence-corrected chi connectivity index (χ3v) is 20.3. The van der Waals surface area contributed by atoms with Crippen LogP contribution in [0.4, 0.5) is 0 Å². The van der Waals surface area contributed by atoms with E-state index in [-0.39, 0.29) is 18.9 Å². The van der Waals surface area contributed by atoms with Crippen molar-refractivity contribution in [2.75, 3.05) is 19.8 Å². The summed E-state index contributed by atoms with van der Waals surface area (Å²) in [6, 6.07) is -0.915. The maximum atomic E-state index is 13.4. The van der Waals surface area contributed by atoms with Crippen LogP contribution in [-0.4, -0.2) is 140 Å². The van der Waals surface area contributed by atoms with Crippen LogP contribution in [0.3, 0.4) is 0 Å². The topological polar surface area (TPSA) is 228 Å². The van der Waals surface area contributed by atoms with Crippen LogP contribution in [-0.2, 0) is 23.7 Å². The molecule has 0 radical (unpaired) electrons. The van der Waals surface area contributed by atoms with Gasteiger partial charge in [-0.25, -0.2) is 0 Å². The van der Waals surface area contributed by atoms with E-state index in [4.69, 9.17) is 18.9 Å². The van der Waals surface area contributed by atoms with E-state index in [0.29, 0.717) is 6.42 Å². The molecule has 96 heavy (non-hydrogen) atoms. The predicted molar refractivity (Wildman–Crippen MR) is 397 cm³/mol. The zero-order chi connectivity index (χ0) is 69.4. The van der Waals surface area contributed by atoms with Gasteiger partial charge in [0.1, 0.15) is 48.8 Å². The Labute approximate surface area is 589 Å². The number of nitrogens with one attached hydrogen (secondary N) is 1. The molecule has 12 atom stereocenters. The zero-order valence-electron chi connectivity index (χ0n) is 62.1. The van der Waals surface area contributed by atoms with Crippen molar-refractivity contribution < 1.29 is 64.6 Å². The molecule has 14 heteroatoms. The lowest BCUT2D eigenvalue weighted by atomic mass is 9.97. The Kier molecular flexibility index (Phi) is 62.5. The van der Waals surface area contributed by atoms with Gasteiger partial charge in [0.15, 0.2) is 12.6 Å². The van der Waals surface area contributed by atoms with Gasteiger partial charge in [-0.15, -0.1) is 0 Å². The second-order valence-corrected chi connectivity index (χ2v) is 29.3. The largest absolute Gasteiger partial charge is 0.394 e. The fraction of sp³-hybridized carbons (Fsp3) is 0.915. The molecule has 2 fully saturated rings. The first-order valence-electron chi connectivity index (χ1n) is 41.2. The van der Waals surface area contributed by atoms with Crippen molar-refractivity contribution in [1.29, 1.82) is 0 Å². The van der Waals surface area contributed by atoms with Crippen LogP contribution in [0.25, 0.3) is 0 Å². The molecule has 2 rings (SSSR count). The Morgan fingerprint density at radius 2 is 0.688 bits per heavy atom. The molecule has 2 saturated heterocycles. The first kappa shape index (κ1) is 90.3. The van der Waals surface area contributed by atoms with Gasteiger partial charge < -0.3 is 65.1 Å². The van der Waals surface area contributed by atoms with Crippen molar-refractivity contribution in [2.45, 2.75) is 460 Å². The average Bonchev–Trinajstić information content (AvgIpc) is 0.797. The van der Waals surface area contributed by atoms with Crippen molar-refractivity contribution in [3.8, 4) is 0 Å². The number of amides is 1. The van der Waals surface area contributed by atoms with Crippen LogP contribution in [0.15, 0.2) is 36.5 Å². The molecule has 0 aromatic carbocycles. The molecule has 0 aromatic rings. The van der Waals surface area contributed by atoms with E-state index in [1.807, 2.05) is 6.08 Å². The van der Waals surface area contributed by atoms with E-state index in [1.54, 1.807) is 6.08 Å². The van der Waals surface area contributed by atoms with Gasteiger partial charge in [-0.2, -0.15) is 0 Å². The molecule has 9 N–H and O–H groups in total. The zero-order valence-corrected chi connectivity index (χ0v) is 62.1. The molecular formula is C82H155NO13. The molecule has 566 valence electrons. The van der Waals surface area contributed by atoms with E-state index >= 15 is 0 Å². The summed E-state index contributed by atoms with van der Waals surface area (Å²) in [6.07, 6.45) is 70.9. The number of rotatable bonds is 70. The number of allylic oxidation sites excluding steroid dienone is 5. The standard InChI is InChI=1S/C82H155NO13/c1-3-5-7-9-11-13-15-17-19-21-23-25-27-29-31-33-35-37-39-41-43-45-47-49-51-53-55-57-59-61-63-65-71(86)70(69-93-81-79(92)77(90)80(73(68-85)95-81)96-82-78(91)76(89)75(88)72(67-84)94-82)83-74(87)66-64-62-60-58-56-54-52-50-48-46-44-42-40-38-36-34-32-30-28-26-24-22-20-18-16-14-12-10-8-6-4-2/h16,18,22,24,63,65,70-73,75-82,84-86,88-92H,3-15,17,19-21,23,25-62,64,66-69H2,1-2H3,(H,83,87)/b18-16-,24-22-,65-63+. The van der Waals surface area contributed by atoms with Crippen molar-refractivity contribution in [3.05, 3.63) is 36.5 Å². The van der Waals surface area contributed by atoms with Gasteiger partial charge in [0, 0.05) is 6.42 Å². The Balaban J connectivity index is 1.61. The van der Waals surface area contributed by atoms with Gasteiger partial charge in [0.05, 0.1) is 32.0 Å². The first-order chi connectivity index (χ1) is 47.1. The van der Waals surface area contributed by atoms with Gasteiger partial charge in [-0.3, -0.25) is 4.79 Å². The summed E-state index contributed by atoms with van der Waals surface area (Å²) in [5.41, 5.74) is 0. The van der Waals surface area contributed by atoms with Crippen LogP contribution in [0.2, 0.25) is 0 Å². The fourth-order valence-corrected chi connectivity index (χ4v) is 13.8. The van der Waals surface area contributed by atoms with Gasteiger partial charge in [0.25, 0.3) is 0 Å². The highest BCUT2D eigenvalue weighted by Gasteiger charge is 2.51. The third-order valence-electron chi connectivity index (χ3n) is 20.3. The van der Waals surface area contributed by atoms with Crippen molar-refractivity contribution in [3.63, 3.8) is 0 Å². The van der Waals surface area contributed by atoms with Crippen molar-refractivity contribution in [1.82, 2.24) is 5.32 Å². The minimum Gasteiger partial charge on any atom is -0.394 e. The van der Waals surface area contributed by atoms with Crippen LogP contribution in [0, 0.1) is 0 Å². The lowest BCUT2D eigenvalue weighted by Gasteiger charge is -2.46. The number of ether oxygens (including phenoxy) is 4. The quantitative estimate of drug-likeness (QED) is 0.0204. The number of hydrogen-bond donors (Lipinski definition) is 9. The van der Waals surface area contributed by atoms with Gasteiger partial charge in [-0.1, -0.05) is 365 Å². The van der Waals surface area contributed by atoms with Gasteiger partial charge in [-0.05, 0) is 51.4 Å². The first-order valence-corrected chi connectivity index (χ1v) is 41.2. The fourth-order valence-electron chi connectivity index (χ4n) is 13.8. The summed E-state index contributed by atoms with van der Waals surface area (Å²) in [5, 5.41) is 87.7. The highest BCUT2D eigenvalue weighted by molar-refractivity contribution is 5.76. The van der Waals surface area contributed by atoms with E-state index < -0.39 is 86.8 Å². The Bertz CT molecular complexity index is 1750. The summed E-state index contributed by atoms with van der Waals surface area (Å²) in [4.78, 5) is 13.4. The highest BCUT2D eigenvalue weighted by atomic mass is 16.7. The van der Waals surface area contributed by atoms with E-state index in [9.17, 15) is 45.6 Å². The predicted octanol–water partition coefficient (Wildman–Crippen LogP) is 18.8. The number of aliphatic hydroxyl groups excluding tert-OH is 8. The van der Waals surface area contributed by atoms with Gasteiger partial charge >= 0.3 is 0 Å². The molecule has 12 unspecified atom stereocenters. The van der Waals surface area contributed by atoms with Crippen LogP contribution in [0.1, 0.15) is 386 Å². The molecule has 0 saturated carbocycles. The minimum absolute atomic E-state index is 0.231. The molecule has 2 aliphatic rings. The monoisotopic (exact) mass is 1360 g/mol. The molecule has 2 aliphatic heterocycles. The molecule has 1 amide bonds. The molecule has 0 spiro atoms. The number of carbonyl (C=O) groups is 1. The highest BCUT2D eigenvalue weighted by Crippen LogP contribution is 2.30. The maximum absolute atomic E-state index is 13.4. The second kappa shape index (κ2) is 66.4. The third kappa shape index (κ3) is 48.9. The Hall–Kier alpha value is -1.79. The molecule has 0 aromatic heterocycles. The smallest absolute Gasteiger partial charge is 0.220 e. The molecule has 2 heterocycles. The lowest BCUT2D eigenvalue weighted by molar-refractivity contribution is -0.359. The van der Waals surface area contributed by atoms with Gasteiger partial charge in [0.2, 0.25) is 5.91 Å². The number of unbranched alkanes of at least 4 members (excludes halogenated alkanes) is 53. The minimum atomic E-state index is -1.79. The summed E-state index contributed by atoms with van der Waals surface area (Å²) in [5.74, 6) is -0.231. The summed E-state index contributed by atoms with van der Waals surface area (Å²) >= 11 is 0. The molecule has 0 bridgehead atoms. The SMILES string of the molecule is CCCCCCC/C=C\C/C=C\CCCCCCCCCCCCCCCCCCCCCC(=O)NC(COC1OC(CO)C(OC2OC(CO)C(O)C(O)C2O)C(O)C1O)C(O)/C=C/CCCCCCCCCCCCCCCCCCCCCCCCCCCCCCC. The van der Waals surface area contributed by atoms with Crippen molar-refractivity contribution in [2.24, 2.45) is 0 Å².